The third-order valence-corrected chi connectivity index (χ3v) is 3.71. The normalized spacial score (nSPS) is 14.6. The number of hydrogen-bond acceptors (Lipinski definition) is 3. The highest BCUT2D eigenvalue weighted by molar-refractivity contribution is 7.84. The van der Waals surface area contributed by atoms with E-state index in [4.69, 9.17) is 5.73 Å². The Morgan fingerprint density at radius 2 is 2.20 bits per heavy atom. The van der Waals surface area contributed by atoms with E-state index in [0.29, 0.717) is 6.54 Å². The summed E-state index contributed by atoms with van der Waals surface area (Å²) >= 11 is 0. The van der Waals surface area contributed by atoms with E-state index in [1.807, 2.05) is 32.0 Å². The van der Waals surface area contributed by atoms with Gasteiger partial charge >= 0.3 is 0 Å². The van der Waals surface area contributed by atoms with E-state index in [1.165, 1.54) is 0 Å². The van der Waals surface area contributed by atoms with Crippen molar-refractivity contribution in [3.8, 4) is 0 Å². The van der Waals surface area contributed by atoms with Gasteiger partial charge in [-0.1, -0.05) is 6.07 Å². The van der Waals surface area contributed by atoms with Crippen LogP contribution in [0.5, 0.6) is 0 Å². The largest absolute Gasteiger partial charge is 0.399 e. The van der Waals surface area contributed by atoms with Gasteiger partial charge in [0.2, 0.25) is 0 Å². The molecule has 0 spiro atoms. The van der Waals surface area contributed by atoms with Gasteiger partial charge in [0.05, 0.1) is 0 Å². The van der Waals surface area contributed by atoms with Crippen LogP contribution in [0.4, 0.5) is 11.4 Å². The molecule has 3 nitrogen and oxygen atoms in total. The first-order valence-corrected chi connectivity index (χ1v) is 6.55. The van der Waals surface area contributed by atoms with E-state index in [9.17, 15) is 4.21 Å². The van der Waals surface area contributed by atoms with Crippen LogP contribution in [0.2, 0.25) is 0 Å². The van der Waals surface area contributed by atoms with Crippen molar-refractivity contribution in [2.75, 3.05) is 23.9 Å². The summed E-state index contributed by atoms with van der Waals surface area (Å²) in [5, 5.41) is 3.41. The second kappa shape index (κ2) is 5.16. The Kier molecular flexibility index (Phi) is 4.15. The zero-order valence-corrected chi connectivity index (χ0v) is 10.2. The minimum Gasteiger partial charge on any atom is -0.399 e. The van der Waals surface area contributed by atoms with E-state index in [2.05, 4.69) is 5.32 Å². The van der Waals surface area contributed by atoms with E-state index >= 15 is 0 Å². The topological polar surface area (TPSA) is 55.1 Å². The van der Waals surface area contributed by atoms with Crippen molar-refractivity contribution in [3.63, 3.8) is 0 Å². The molecule has 2 unspecified atom stereocenters. The molecule has 1 aromatic rings. The fourth-order valence-corrected chi connectivity index (χ4v) is 1.52. The quantitative estimate of drug-likeness (QED) is 0.769. The standard InChI is InChI=1S/C11H18N2OS/c1-8-4-5-10(12)6-11(8)13-7-9(2)15(3)14/h4-6,9,13H,7,12H2,1-3H3. The Hall–Kier alpha value is -1.03. The maximum absolute atomic E-state index is 11.2. The summed E-state index contributed by atoms with van der Waals surface area (Å²) in [5.41, 5.74) is 8.61. The fourth-order valence-electron chi connectivity index (χ4n) is 1.20. The molecule has 1 aromatic carbocycles. The highest BCUT2D eigenvalue weighted by Crippen LogP contribution is 2.18. The van der Waals surface area contributed by atoms with Crippen molar-refractivity contribution in [2.45, 2.75) is 19.1 Å². The number of nitrogen functional groups attached to an aromatic ring is 1. The Bertz CT molecular complexity index is 366. The molecule has 0 heterocycles. The van der Waals surface area contributed by atoms with Crippen LogP contribution in [0.25, 0.3) is 0 Å². The fraction of sp³-hybridized carbons (Fsp3) is 0.455. The van der Waals surface area contributed by atoms with E-state index in [1.54, 1.807) is 6.26 Å². The van der Waals surface area contributed by atoms with Gasteiger partial charge in [0.1, 0.15) is 0 Å². The lowest BCUT2D eigenvalue weighted by Gasteiger charge is -2.13. The number of rotatable bonds is 4. The van der Waals surface area contributed by atoms with Crippen LogP contribution in [-0.2, 0) is 10.8 Å². The predicted octanol–water partition coefficient (Wildman–Crippen LogP) is 1.76. The van der Waals surface area contributed by atoms with Crippen molar-refractivity contribution >= 4 is 22.2 Å². The number of nitrogens with one attached hydrogen (secondary N) is 1. The van der Waals surface area contributed by atoms with Crippen molar-refractivity contribution in [3.05, 3.63) is 23.8 Å². The van der Waals surface area contributed by atoms with Gasteiger partial charge in [-0.15, -0.1) is 0 Å². The third kappa shape index (κ3) is 3.55. The molecule has 0 amide bonds. The van der Waals surface area contributed by atoms with Gasteiger partial charge < -0.3 is 11.1 Å². The molecule has 0 saturated carbocycles. The first-order chi connectivity index (χ1) is 7.00. The predicted molar refractivity (Wildman–Crippen MR) is 67.6 cm³/mol. The van der Waals surface area contributed by atoms with Gasteiger partial charge in [-0.2, -0.15) is 0 Å². The Balaban J connectivity index is 2.65. The second-order valence-electron chi connectivity index (χ2n) is 3.76. The number of benzene rings is 1. The number of nitrogens with two attached hydrogens (primary N) is 1. The lowest BCUT2D eigenvalue weighted by molar-refractivity contribution is 0.679. The maximum atomic E-state index is 11.2. The van der Waals surface area contributed by atoms with Crippen LogP contribution < -0.4 is 11.1 Å². The summed E-state index contributed by atoms with van der Waals surface area (Å²) in [6.07, 6.45) is 1.72. The molecule has 84 valence electrons. The van der Waals surface area contributed by atoms with Crippen molar-refractivity contribution in [1.82, 2.24) is 0 Å². The lowest BCUT2D eigenvalue weighted by atomic mass is 10.2. The van der Waals surface area contributed by atoms with Crippen LogP contribution in [0.15, 0.2) is 18.2 Å². The average Bonchev–Trinajstić information content (AvgIpc) is 2.18. The van der Waals surface area contributed by atoms with Crippen LogP contribution in [0.1, 0.15) is 12.5 Å². The summed E-state index contributed by atoms with van der Waals surface area (Å²) in [7, 11) is -0.790. The molecule has 0 aliphatic carbocycles. The molecule has 15 heavy (non-hydrogen) atoms. The monoisotopic (exact) mass is 226 g/mol. The van der Waals surface area contributed by atoms with Gasteiger partial charge in [-0.25, -0.2) is 0 Å². The number of aryl methyl sites for hydroxylation is 1. The molecule has 3 N–H and O–H groups in total. The van der Waals surface area contributed by atoms with Crippen molar-refractivity contribution in [1.29, 1.82) is 0 Å². The second-order valence-corrected chi connectivity index (χ2v) is 5.57. The summed E-state index contributed by atoms with van der Waals surface area (Å²) in [4.78, 5) is 0. The molecule has 0 saturated heterocycles. The summed E-state index contributed by atoms with van der Waals surface area (Å²) in [6.45, 7) is 4.69. The summed E-state index contributed by atoms with van der Waals surface area (Å²) in [6, 6.07) is 5.76. The number of hydrogen-bond donors (Lipinski definition) is 2. The molecule has 0 radical (unpaired) electrons. The lowest BCUT2D eigenvalue weighted by Crippen LogP contribution is -2.21. The van der Waals surface area contributed by atoms with E-state index in [-0.39, 0.29) is 5.25 Å². The van der Waals surface area contributed by atoms with Crippen molar-refractivity contribution in [2.24, 2.45) is 0 Å². The van der Waals surface area contributed by atoms with Crippen molar-refractivity contribution < 1.29 is 4.21 Å². The van der Waals surface area contributed by atoms with Gasteiger partial charge in [-0.05, 0) is 31.5 Å². The maximum Gasteiger partial charge on any atom is 0.0489 e. The first-order valence-electron chi connectivity index (χ1n) is 4.93. The molecule has 0 fully saturated rings. The zero-order valence-electron chi connectivity index (χ0n) is 9.41. The molecule has 0 aliphatic heterocycles. The highest BCUT2D eigenvalue weighted by atomic mass is 32.2. The van der Waals surface area contributed by atoms with Crippen LogP contribution >= 0.6 is 0 Å². The average molecular weight is 226 g/mol. The van der Waals surface area contributed by atoms with Crippen LogP contribution in [0.3, 0.4) is 0 Å². The first kappa shape index (κ1) is 12.0. The summed E-state index contributed by atoms with van der Waals surface area (Å²) in [5.74, 6) is 0. The Morgan fingerprint density at radius 1 is 1.53 bits per heavy atom. The number of anilines is 2. The summed E-state index contributed by atoms with van der Waals surface area (Å²) < 4.78 is 11.2. The highest BCUT2D eigenvalue weighted by Gasteiger charge is 2.06. The minimum atomic E-state index is -0.790. The molecule has 4 heteroatoms. The van der Waals surface area contributed by atoms with E-state index in [0.717, 1.165) is 16.9 Å². The smallest absolute Gasteiger partial charge is 0.0489 e. The molecule has 2 atom stereocenters. The van der Waals surface area contributed by atoms with E-state index < -0.39 is 10.8 Å². The molecule has 1 rings (SSSR count). The SMILES string of the molecule is Cc1ccc(N)cc1NCC(C)S(C)=O. The molecular formula is C11H18N2OS. The minimum absolute atomic E-state index is 0.144. The van der Waals surface area contributed by atoms with Crippen LogP contribution in [0, 0.1) is 6.92 Å². The molecular weight excluding hydrogens is 208 g/mol. The van der Waals surface area contributed by atoms with Gasteiger partial charge in [0.15, 0.2) is 0 Å². The van der Waals surface area contributed by atoms with Gasteiger partial charge in [0, 0.05) is 40.2 Å². The molecule has 0 aliphatic rings. The molecule has 0 bridgehead atoms. The third-order valence-electron chi connectivity index (χ3n) is 2.41. The molecule has 0 aromatic heterocycles. The van der Waals surface area contributed by atoms with Crippen LogP contribution in [-0.4, -0.2) is 22.3 Å². The Labute approximate surface area is 93.5 Å². The zero-order chi connectivity index (χ0) is 11.4. The van der Waals surface area contributed by atoms with Gasteiger partial charge in [0.25, 0.3) is 0 Å². The Morgan fingerprint density at radius 3 is 2.80 bits per heavy atom. The van der Waals surface area contributed by atoms with Gasteiger partial charge in [-0.3, -0.25) is 4.21 Å².